The standard InChI is InChI=1S/C27H45NO10S/c1-23-5-7-25(8-6-23)39(30,31)37-22-20-35-18-16-33-14-13-32-15-17-34-19-21-36-24-9-11-28(12-10-24)26(29)38-27(2,3)4/h5-8,24H,9-22H2,1-4H3. The van der Waals surface area contributed by atoms with Crippen LogP contribution in [0.4, 0.5) is 4.79 Å². The highest BCUT2D eigenvalue weighted by Crippen LogP contribution is 2.17. The van der Waals surface area contributed by atoms with E-state index in [1.165, 1.54) is 12.1 Å². The first kappa shape index (κ1) is 33.4. The number of hydrogen-bond acceptors (Lipinski definition) is 10. The van der Waals surface area contributed by atoms with Crippen LogP contribution in [0.25, 0.3) is 0 Å². The van der Waals surface area contributed by atoms with E-state index >= 15 is 0 Å². The molecule has 11 nitrogen and oxygen atoms in total. The van der Waals surface area contributed by atoms with Gasteiger partial charge < -0.3 is 33.3 Å². The second-order valence-electron chi connectivity index (χ2n) is 10.1. The molecule has 1 aromatic carbocycles. The molecule has 1 aliphatic heterocycles. The highest BCUT2D eigenvalue weighted by atomic mass is 32.2. The van der Waals surface area contributed by atoms with E-state index in [2.05, 4.69) is 0 Å². The molecule has 0 aromatic heterocycles. The van der Waals surface area contributed by atoms with Gasteiger partial charge in [0.1, 0.15) is 5.60 Å². The fourth-order valence-corrected chi connectivity index (χ4v) is 4.44. The molecule has 0 saturated carbocycles. The molecule has 0 spiro atoms. The first-order valence-corrected chi connectivity index (χ1v) is 14.8. The highest BCUT2D eigenvalue weighted by Gasteiger charge is 2.27. The van der Waals surface area contributed by atoms with Gasteiger partial charge in [-0.15, -0.1) is 0 Å². The topological polar surface area (TPSA) is 119 Å². The lowest BCUT2D eigenvalue weighted by atomic mass is 10.1. The number of hydrogen-bond donors (Lipinski definition) is 0. The number of carbonyl (C=O) groups excluding carboxylic acids is 1. The normalized spacial score (nSPS) is 15.0. The van der Waals surface area contributed by atoms with Crippen molar-refractivity contribution < 1.29 is 45.8 Å². The molecule has 1 amide bonds. The van der Waals surface area contributed by atoms with E-state index in [0.29, 0.717) is 65.9 Å². The van der Waals surface area contributed by atoms with E-state index in [4.69, 9.17) is 32.6 Å². The first-order valence-electron chi connectivity index (χ1n) is 13.4. The Kier molecular flexibility index (Phi) is 15.2. The summed E-state index contributed by atoms with van der Waals surface area (Å²) >= 11 is 0. The van der Waals surface area contributed by atoms with Crippen LogP contribution in [0.5, 0.6) is 0 Å². The molecule has 12 heteroatoms. The number of benzene rings is 1. The van der Waals surface area contributed by atoms with Crippen molar-refractivity contribution in [3.63, 3.8) is 0 Å². The molecule has 1 heterocycles. The fraction of sp³-hybridized carbons (Fsp3) is 0.741. The minimum absolute atomic E-state index is 0.0578. The van der Waals surface area contributed by atoms with Gasteiger partial charge in [0, 0.05) is 13.1 Å². The Balaban J connectivity index is 1.32. The molecule has 2 rings (SSSR count). The number of likely N-dealkylation sites (tertiary alicyclic amines) is 1. The number of rotatable bonds is 18. The Hall–Kier alpha value is -1.80. The zero-order valence-electron chi connectivity index (χ0n) is 23.7. The molecule has 0 atom stereocenters. The van der Waals surface area contributed by atoms with Crippen LogP contribution >= 0.6 is 0 Å². The van der Waals surface area contributed by atoms with Crippen LogP contribution in [0.2, 0.25) is 0 Å². The molecule has 224 valence electrons. The summed E-state index contributed by atoms with van der Waals surface area (Å²) in [5, 5.41) is 0. The third kappa shape index (κ3) is 15.0. The van der Waals surface area contributed by atoms with Crippen LogP contribution in [0, 0.1) is 6.92 Å². The van der Waals surface area contributed by atoms with Gasteiger partial charge in [0.15, 0.2) is 0 Å². The van der Waals surface area contributed by atoms with Crippen molar-refractivity contribution in [2.45, 2.75) is 57.1 Å². The minimum Gasteiger partial charge on any atom is -0.444 e. The summed E-state index contributed by atoms with van der Waals surface area (Å²) in [6, 6.07) is 6.48. The van der Waals surface area contributed by atoms with Crippen molar-refractivity contribution in [2.24, 2.45) is 0 Å². The number of carbonyl (C=O) groups is 1. The van der Waals surface area contributed by atoms with Crippen molar-refractivity contribution in [3.8, 4) is 0 Å². The van der Waals surface area contributed by atoms with Gasteiger partial charge in [0.2, 0.25) is 0 Å². The molecule has 1 fully saturated rings. The molecule has 39 heavy (non-hydrogen) atoms. The lowest BCUT2D eigenvalue weighted by Crippen LogP contribution is -2.43. The maximum absolute atomic E-state index is 12.1. The summed E-state index contributed by atoms with van der Waals surface area (Å²) in [6.45, 7) is 12.3. The van der Waals surface area contributed by atoms with E-state index in [1.807, 2.05) is 27.7 Å². The second kappa shape index (κ2) is 17.8. The molecule has 1 aromatic rings. The number of nitrogens with zero attached hydrogens (tertiary/aromatic N) is 1. The lowest BCUT2D eigenvalue weighted by molar-refractivity contribution is -0.0394. The van der Waals surface area contributed by atoms with Crippen LogP contribution in [0.15, 0.2) is 29.2 Å². The molecular weight excluding hydrogens is 530 g/mol. The highest BCUT2D eigenvalue weighted by molar-refractivity contribution is 7.86. The molecule has 0 unspecified atom stereocenters. The smallest absolute Gasteiger partial charge is 0.410 e. The predicted molar refractivity (Wildman–Crippen MR) is 144 cm³/mol. The summed E-state index contributed by atoms with van der Waals surface area (Å²) in [4.78, 5) is 14.0. The van der Waals surface area contributed by atoms with Crippen LogP contribution in [-0.4, -0.2) is 110 Å². The molecule has 1 aliphatic rings. The summed E-state index contributed by atoms with van der Waals surface area (Å²) in [7, 11) is -3.77. The molecule has 0 aliphatic carbocycles. The summed E-state index contributed by atoms with van der Waals surface area (Å²) in [6.07, 6.45) is 1.44. The molecular formula is C27H45NO10S. The Labute approximate surface area is 233 Å². The Morgan fingerprint density at radius 2 is 1.26 bits per heavy atom. The van der Waals surface area contributed by atoms with E-state index in [9.17, 15) is 13.2 Å². The van der Waals surface area contributed by atoms with E-state index < -0.39 is 15.7 Å². The number of aryl methyl sites for hydroxylation is 1. The van der Waals surface area contributed by atoms with Gasteiger partial charge in [0.25, 0.3) is 10.1 Å². The van der Waals surface area contributed by atoms with Gasteiger partial charge in [-0.3, -0.25) is 4.18 Å². The summed E-state index contributed by atoms with van der Waals surface area (Å²) in [5.74, 6) is 0. The average molecular weight is 576 g/mol. The maximum atomic E-state index is 12.1. The minimum atomic E-state index is -3.77. The number of amides is 1. The molecule has 1 saturated heterocycles. The Bertz CT molecular complexity index is 909. The van der Waals surface area contributed by atoms with Crippen LogP contribution in [0.3, 0.4) is 0 Å². The van der Waals surface area contributed by atoms with Crippen molar-refractivity contribution in [3.05, 3.63) is 29.8 Å². The van der Waals surface area contributed by atoms with Crippen molar-refractivity contribution >= 4 is 16.2 Å². The van der Waals surface area contributed by atoms with Crippen LogP contribution < -0.4 is 0 Å². The van der Waals surface area contributed by atoms with Gasteiger partial charge in [0.05, 0.1) is 77.1 Å². The van der Waals surface area contributed by atoms with E-state index in [0.717, 1.165) is 18.4 Å². The summed E-state index contributed by atoms with van der Waals surface area (Å²) < 4.78 is 62.1. The first-order chi connectivity index (χ1) is 18.6. The Morgan fingerprint density at radius 1 is 0.795 bits per heavy atom. The quantitative estimate of drug-likeness (QED) is 0.191. The van der Waals surface area contributed by atoms with Crippen LogP contribution in [-0.2, 0) is 42.7 Å². The van der Waals surface area contributed by atoms with E-state index in [1.54, 1.807) is 17.0 Å². The van der Waals surface area contributed by atoms with Crippen molar-refractivity contribution in [1.29, 1.82) is 0 Å². The van der Waals surface area contributed by atoms with Gasteiger partial charge in [-0.05, 0) is 52.7 Å². The summed E-state index contributed by atoms with van der Waals surface area (Å²) in [5.41, 5.74) is 0.492. The van der Waals surface area contributed by atoms with Gasteiger partial charge in [-0.2, -0.15) is 8.42 Å². The maximum Gasteiger partial charge on any atom is 0.410 e. The zero-order chi connectivity index (χ0) is 28.6. The van der Waals surface area contributed by atoms with E-state index in [-0.39, 0.29) is 30.3 Å². The molecule has 0 bridgehead atoms. The molecule has 0 radical (unpaired) electrons. The number of piperidine rings is 1. The average Bonchev–Trinajstić information content (AvgIpc) is 2.88. The fourth-order valence-electron chi connectivity index (χ4n) is 3.54. The SMILES string of the molecule is Cc1ccc(S(=O)(=O)OCCOCCOCCOCCOCCOC2CCN(C(=O)OC(C)(C)C)CC2)cc1. The Morgan fingerprint density at radius 3 is 1.74 bits per heavy atom. The van der Waals surface area contributed by atoms with Gasteiger partial charge in [-0.25, -0.2) is 4.79 Å². The zero-order valence-corrected chi connectivity index (χ0v) is 24.5. The van der Waals surface area contributed by atoms with Crippen LogP contribution in [0.1, 0.15) is 39.2 Å². The largest absolute Gasteiger partial charge is 0.444 e. The predicted octanol–water partition coefficient (Wildman–Crippen LogP) is 3.18. The molecule has 0 N–H and O–H groups in total. The number of ether oxygens (including phenoxy) is 6. The van der Waals surface area contributed by atoms with Gasteiger partial charge in [-0.1, -0.05) is 17.7 Å². The second-order valence-corrected chi connectivity index (χ2v) is 11.7. The van der Waals surface area contributed by atoms with Crippen molar-refractivity contribution in [1.82, 2.24) is 4.90 Å². The van der Waals surface area contributed by atoms with Gasteiger partial charge >= 0.3 is 6.09 Å². The third-order valence-corrected chi connectivity index (χ3v) is 6.89. The van der Waals surface area contributed by atoms with Crippen molar-refractivity contribution in [2.75, 3.05) is 79.2 Å². The lowest BCUT2D eigenvalue weighted by Gasteiger charge is -2.33. The third-order valence-electron chi connectivity index (χ3n) is 5.57. The monoisotopic (exact) mass is 575 g/mol.